The Morgan fingerprint density at radius 1 is 0.867 bits per heavy atom. The summed E-state index contributed by atoms with van der Waals surface area (Å²) in [6.07, 6.45) is 0. The zero-order valence-electron chi connectivity index (χ0n) is 16.4. The molecule has 1 N–H and O–H groups in total. The van der Waals surface area contributed by atoms with Crippen LogP contribution in [0.25, 0.3) is 0 Å². The molecule has 1 atom stereocenters. The molecule has 0 bridgehead atoms. The largest absolute Gasteiger partial charge is 0.502 e. The van der Waals surface area contributed by atoms with Gasteiger partial charge >= 0.3 is 0 Å². The van der Waals surface area contributed by atoms with Crippen LogP contribution in [0.1, 0.15) is 22.7 Å². The number of aliphatic hydroxyl groups excluding tert-OH is 1. The van der Waals surface area contributed by atoms with Crippen molar-refractivity contribution in [3.63, 3.8) is 0 Å². The molecule has 1 heterocycles. The highest BCUT2D eigenvalue weighted by Gasteiger charge is 2.46. The summed E-state index contributed by atoms with van der Waals surface area (Å²) in [4.78, 5) is 14.2. The van der Waals surface area contributed by atoms with Gasteiger partial charge in [-0.3, -0.25) is 4.79 Å². The van der Waals surface area contributed by atoms with Crippen molar-refractivity contribution in [2.75, 3.05) is 0 Å². The van der Waals surface area contributed by atoms with Crippen molar-refractivity contribution in [1.82, 2.24) is 4.90 Å². The molecular formula is C24H21NO4S. The summed E-state index contributed by atoms with van der Waals surface area (Å²) in [5.41, 5.74) is 2.55. The molecule has 152 valence electrons. The molecule has 0 spiro atoms. The predicted molar refractivity (Wildman–Crippen MR) is 114 cm³/mol. The number of aliphatic hydroxyl groups is 1. The van der Waals surface area contributed by atoms with Crippen molar-refractivity contribution in [2.45, 2.75) is 24.4 Å². The van der Waals surface area contributed by atoms with Crippen LogP contribution in [0.15, 0.2) is 100 Å². The smallest absolute Gasteiger partial charge is 0.290 e. The number of amides is 1. The minimum Gasteiger partial charge on any atom is -0.502 e. The van der Waals surface area contributed by atoms with E-state index in [1.54, 1.807) is 42.5 Å². The molecular weight excluding hydrogens is 398 g/mol. The van der Waals surface area contributed by atoms with Crippen molar-refractivity contribution in [2.24, 2.45) is 0 Å². The first-order valence-corrected chi connectivity index (χ1v) is 11.0. The second kappa shape index (κ2) is 7.80. The lowest BCUT2D eigenvalue weighted by molar-refractivity contribution is -0.130. The highest BCUT2D eigenvalue weighted by Crippen LogP contribution is 2.43. The van der Waals surface area contributed by atoms with Gasteiger partial charge in [-0.25, -0.2) is 8.42 Å². The molecule has 0 aliphatic carbocycles. The molecule has 0 saturated heterocycles. The van der Waals surface area contributed by atoms with Crippen molar-refractivity contribution in [3.05, 3.63) is 112 Å². The van der Waals surface area contributed by atoms with Gasteiger partial charge in [0.15, 0.2) is 5.76 Å². The molecule has 0 saturated carbocycles. The molecule has 4 rings (SSSR count). The standard InChI is InChI=1S/C24H21NO4S/c1-17-12-14-18(15-13-17)16-25-21(19-8-4-2-5-9-19)23(22(26)24(25)27)30(28,29)20-10-6-3-7-11-20/h2-15,21,26H,16H2,1H3/t21-/m0/s1. The fraction of sp³-hybridized carbons (Fsp3) is 0.125. The SMILES string of the molecule is Cc1ccc(CN2C(=O)C(O)=C(S(=O)(=O)c3ccccc3)[C@@H]2c2ccccc2)cc1. The van der Waals surface area contributed by atoms with Gasteiger partial charge in [-0.05, 0) is 30.2 Å². The number of rotatable bonds is 5. The van der Waals surface area contributed by atoms with Gasteiger partial charge in [0.1, 0.15) is 4.91 Å². The maximum Gasteiger partial charge on any atom is 0.290 e. The Kier molecular flexibility index (Phi) is 5.18. The zero-order chi connectivity index (χ0) is 21.3. The topological polar surface area (TPSA) is 74.7 Å². The van der Waals surface area contributed by atoms with Crippen molar-refractivity contribution in [1.29, 1.82) is 0 Å². The fourth-order valence-electron chi connectivity index (χ4n) is 3.65. The van der Waals surface area contributed by atoms with Crippen LogP contribution in [0.3, 0.4) is 0 Å². The number of aryl methyl sites for hydroxylation is 1. The van der Waals surface area contributed by atoms with Crippen molar-refractivity contribution in [3.8, 4) is 0 Å². The first kappa shape index (κ1) is 19.9. The predicted octanol–water partition coefficient (Wildman–Crippen LogP) is 4.32. The quantitative estimate of drug-likeness (QED) is 0.668. The van der Waals surface area contributed by atoms with Gasteiger partial charge in [-0.15, -0.1) is 0 Å². The Balaban J connectivity index is 1.84. The lowest BCUT2D eigenvalue weighted by atomic mass is 10.1. The molecule has 6 heteroatoms. The van der Waals surface area contributed by atoms with Gasteiger partial charge in [-0.1, -0.05) is 78.4 Å². The molecule has 3 aromatic rings. The molecule has 0 aromatic heterocycles. The van der Waals surface area contributed by atoms with Gasteiger partial charge in [0.2, 0.25) is 9.84 Å². The van der Waals surface area contributed by atoms with E-state index in [0.29, 0.717) is 5.56 Å². The van der Waals surface area contributed by atoms with Crippen LogP contribution in [-0.2, 0) is 21.2 Å². The first-order valence-electron chi connectivity index (χ1n) is 9.54. The van der Waals surface area contributed by atoms with Crippen LogP contribution in [-0.4, -0.2) is 24.3 Å². The number of carbonyl (C=O) groups is 1. The number of carbonyl (C=O) groups excluding carboxylic acids is 1. The minimum atomic E-state index is -4.08. The van der Waals surface area contributed by atoms with Crippen molar-refractivity contribution < 1.29 is 18.3 Å². The van der Waals surface area contributed by atoms with E-state index >= 15 is 0 Å². The van der Waals surface area contributed by atoms with Gasteiger partial charge in [-0.2, -0.15) is 0 Å². The Hall–Kier alpha value is -3.38. The summed E-state index contributed by atoms with van der Waals surface area (Å²) in [6, 6.07) is 23.5. The lowest BCUT2D eigenvalue weighted by Gasteiger charge is -2.27. The van der Waals surface area contributed by atoms with Crippen LogP contribution in [0.4, 0.5) is 0 Å². The molecule has 3 aromatic carbocycles. The third kappa shape index (κ3) is 3.50. The second-order valence-electron chi connectivity index (χ2n) is 7.26. The molecule has 1 aliphatic heterocycles. The lowest BCUT2D eigenvalue weighted by Crippen LogP contribution is -2.30. The molecule has 1 aliphatic rings. The van der Waals surface area contributed by atoms with E-state index < -0.39 is 27.5 Å². The average molecular weight is 420 g/mol. The molecule has 5 nitrogen and oxygen atoms in total. The number of benzene rings is 3. The fourth-order valence-corrected chi connectivity index (χ4v) is 5.32. The van der Waals surface area contributed by atoms with Crippen LogP contribution in [0, 0.1) is 6.92 Å². The number of sulfone groups is 1. The van der Waals surface area contributed by atoms with E-state index in [2.05, 4.69) is 0 Å². The molecule has 30 heavy (non-hydrogen) atoms. The van der Waals surface area contributed by atoms with Gasteiger partial charge < -0.3 is 10.0 Å². The minimum absolute atomic E-state index is 0.0393. The zero-order valence-corrected chi connectivity index (χ0v) is 17.2. The first-order chi connectivity index (χ1) is 14.4. The summed E-state index contributed by atoms with van der Waals surface area (Å²) in [6.45, 7) is 2.14. The average Bonchev–Trinajstić information content (AvgIpc) is 3.02. The van der Waals surface area contributed by atoms with Gasteiger partial charge in [0.05, 0.1) is 10.9 Å². The summed E-state index contributed by atoms with van der Waals surface area (Å²) in [5.74, 6) is -1.42. The Morgan fingerprint density at radius 3 is 2.03 bits per heavy atom. The third-order valence-electron chi connectivity index (χ3n) is 5.19. The molecule has 1 amide bonds. The summed E-state index contributed by atoms with van der Waals surface area (Å²) in [5, 5.41) is 10.7. The van der Waals surface area contributed by atoms with Crippen molar-refractivity contribution >= 4 is 15.7 Å². The van der Waals surface area contributed by atoms with Crippen LogP contribution < -0.4 is 0 Å². The van der Waals surface area contributed by atoms with E-state index in [0.717, 1.165) is 11.1 Å². The van der Waals surface area contributed by atoms with Crippen LogP contribution in [0.5, 0.6) is 0 Å². The highest BCUT2D eigenvalue weighted by atomic mass is 32.2. The number of nitrogens with zero attached hydrogens (tertiary/aromatic N) is 1. The highest BCUT2D eigenvalue weighted by molar-refractivity contribution is 7.95. The van der Waals surface area contributed by atoms with Gasteiger partial charge in [0.25, 0.3) is 5.91 Å². The Morgan fingerprint density at radius 2 is 1.43 bits per heavy atom. The molecule has 0 fully saturated rings. The van der Waals surface area contributed by atoms with E-state index in [1.165, 1.54) is 17.0 Å². The summed E-state index contributed by atoms with van der Waals surface area (Å²) < 4.78 is 26.8. The molecule has 0 unspecified atom stereocenters. The maximum atomic E-state index is 13.4. The Bertz CT molecular complexity index is 1200. The summed E-state index contributed by atoms with van der Waals surface area (Å²) >= 11 is 0. The Labute approximate surface area is 175 Å². The van der Waals surface area contributed by atoms with Crippen LogP contribution >= 0.6 is 0 Å². The van der Waals surface area contributed by atoms with Crippen LogP contribution in [0.2, 0.25) is 0 Å². The summed E-state index contributed by atoms with van der Waals surface area (Å²) in [7, 11) is -4.08. The second-order valence-corrected chi connectivity index (χ2v) is 9.18. The monoisotopic (exact) mass is 419 g/mol. The van der Waals surface area contributed by atoms with E-state index in [4.69, 9.17) is 0 Å². The van der Waals surface area contributed by atoms with Gasteiger partial charge in [0, 0.05) is 6.54 Å². The van der Waals surface area contributed by atoms with E-state index in [1.807, 2.05) is 37.3 Å². The normalized spacial score (nSPS) is 16.9. The number of hydrogen-bond acceptors (Lipinski definition) is 4. The molecule has 0 radical (unpaired) electrons. The van der Waals surface area contributed by atoms with E-state index in [9.17, 15) is 18.3 Å². The maximum absolute atomic E-state index is 13.4. The third-order valence-corrected chi connectivity index (χ3v) is 7.08. The number of hydrogen-bond donors (Lipinski definition) is 1. The van der Waals surface area contributed by atoms with E-state index in [-0.39, 0.29) is 16.3 Å².